The minimum absolute atomic E-state index is 0. The molecule has 19 heavy (non-hydrogen) atoms. The van der Waals surface area contributed by atoms with Crippen molar-refractivity contribution in [3.05, 3.63) is 47.6 Å². The summed E-state index contributed by atoms with van der Waals surface area (Å²) in [6, 6.07) is 6.55. The fraction of sp³-hybridized carbons (Fsp3) is 0.0833. The molecule has 0 spiro atoms. The first-order valence-electron chi connectivity index (χ1n) is 4.98. The van der Waals surface area contributed by atoms with E-state index in [2.05, 4.69) is 9.84 Å². The van der Waals surface area contributed by atoms with Gasteiger partial charge in [-0.05, 0) is 18.4 Å². The molecule has 1 aromatic carbocycles. The van der Waals surface area contributed by atoms with Crippen LogP contribution in [0.1, 0.15) is 0 Å². The number of rotatable bonds is 1. The van der Waals surface area contributed by atoms with Crippen molar-refractivity contribution >= 4 is 34.2 Å². The van der Waals surface area contributed by atoms with Crippen molar-refractivity contribution in [2.24, 2.45) is 4.99 Å². The number of carbonyl (C=O) groups excluding carboxylic acids is 1. The predicted molar refractivity (Wildman–Crippen MR) is 69.2 cm³/mol. The molecule has 0 unspecified atom stereocenters. The number of nitrogens with zero attached hydrogens (tertiary/aromatic N) is 3. The fourth-order valence-electron chi connectivity index (χ4n) is 1.52. The van der Waals surface area contributed by atoms with Gasteiger partial charge in [-0.25, -0.2) is 9.84 Å². The summed E-state index contributed by atoms with van der Waals surface area (Å²) in [4.78, 5) is 20.5. The van der Waals surface area contributed by atoms with Gasteiger partial charge in [-0.15, -0.1) is 6.26 Å². The van der Waals surface area contributed by atoms with Gasteiger partial charge in [-0.1, -0.05) is 23.9 Å². The van der Waals surface area contributed by atoms with Crippen LogP contribution < -0.4 is 39.6 Å². The normalized spacial score (nSPS) is 16.0. The summed E-state index contributed by atoms with van der Waals surface area (Å²) in [5, 5.41) is 11.2. The molecule has 0 saturated carbocycles. The summed E-state index contributed by atoms with van der Waals surface area (Å²) in [7, 11) is 0. The Morgan fingerprint density at radius 3 is 2.53 bits per heavy atom. The van der Waals surface area contributed by atoms with E-state index in [0.717, 1.165) is 0 Å². The van der Waals surface area contributed by atoms with Crippen LogP contribution >= 0.6 is 11.8 Å². The van der Waals surface area contributed by atoms with Gasteiger partial charge >= 0.3 is 29.6 Å². The molecule has 5 nitrogen and oxygen atoms in total. The molecule has 0 radical (unpaired) electrons. The molecule has 1 heterocycles. The van der Waals surface area contributed by atoms with Gasteiger partial charge in [0, 0.05) is 5.69 Å². The van der Waals surface area contributed by atoms with Gasteiger partial charge in [0.05, 0.1) is 6.57 Å². The minimum atomic E-state index is -0.440. The zero-order valence-electron chi connectivity index (χ0n) is 10.5. The summed E-state index contributed by atoms with van der Waals surface area (Å²) in [5.41, 5.74) is 0.985. The van der Waals surface area contributed by atoms with Crippen LogP contribution in [-0.2, 0) is 4.79 Å². The van der Waals surface area contributed by atoms with Crippen LogP contribution in [0.25, 0.3) is 4.85 Å². The first-order valence-corrected chi connectivity index (χ1v) is 6.20. The Hall–Kier alpha value is -1.26. The van der Waals surface area contributed by atoms with Crippen LogP contribution in [0.15, 0.2) is 41.2 Å². The molecule has 0 atom stereocenters. The first-order chi connectivity index (χ1) is 8.71. The van der Waals surface area contributed by atoms with E-state index >= 15 is 0 Å². The van der Waals surface area contributed by atoms with Gasteiger partial charge in [-0.3, -0.25) is 9.69 Å². The summed E-state index contributed by atoms with van der Waals surface area (Å²) in [6.07, 6.45) is 2.23. The third-order valence-electron chi connectivity index (χ3n) is 2.36. The van der Waals surface area contributed by atoms with E-state index in [0.29, 0.717) is 22.8 Å². The van der Waals surface area contributed by atoms with Crippen molar-refractivity contribution in [3.8, 4) is 0 Å². The molecule has 1 aromatic rings. The van der Waals surface area contributed by atoms with Crippen LogP contribution in [0.5, 0.6) is 0 Å². The average Bonchev–Trinajstić information content (AvgIpc) is 2.75. The number of hydrogen-bond acceptors (Lipinski definition) is 4. The third kappa shape index (κ3) is 3.01. The largest absolute Gasteiger partial charge is 1.00 e. The molecule has 90 valence electrons. The Bertz CT molecular complexity index is 590. The molecule has 1 aliphatic heterocycles. The summed E-state index contributed by atoms with van der Waals surface area (Å²) in [6.45, 7) is 6.87. The Morgan fingerprint density at radius 1 is 1.42 bits per heavy atom. The first kappa shape index (κ1) is 15.8. The van der Waals surface area contributed by atoms with Crippen molar-refractivity contribution in [2.75, 3.05) is 11.2 Å². The van der Waals surface area contributed by atoms with Crippen LogP contribution in [0.3, 0.4) is 0 Å². The number of amidine groups is 1. The van der Waals surface area contributed by atoms with Crippen LogP contribution in [0.2, 0.25) is 0 Å². The fourth-order valence-corrected chi connectivity index (χ4v) is 2.08. The predicted octanol–water partition coefficient (Wildman–Crippen LogP) is -1.49. The maximum absolute atomic E-state index is 11.9. The van der Waals surface area contributed by atoms with Crippen LogP contribution in [0.4, 0.5) is 11.4 Å². The monoisotopic (exact) mass is 281 g/mol. The van der Waals surface area contributed by atoms with E-state index < -0.39 is 5.91 Å². The molecule has 0 aromatic heterocycles. The zero-order chi connectivity index (χ0) is 13.1. The number of carbonyl (C=O) groups is 1. The van der Waals surface area contributed by atoms with E-state index in [9.17, 15) is 9.90 Å². The summed E-state index contributed by atoms with van der Waals surface area (Å²) < 4.78 is 0. The van der Waals surface area contributed by atoms with E-state index in [1.807, 2.05) is 0 Å². The van der Waals surface area contributed by atoms with Crippen LogP contribution in [-0.4, -0.2) is 17.3 Å². The van der Waals surface area contributed by atoms with Crippen molar-refractivity contribution in [1.29, 1.82) is 0 Å². The molecule has 0 saturated heterocycles. The smallest absolute Gasteiger partial charge is 0.876 e. The molecular formula is C12H8N3NaO2S. The molecule has 7 heteroatoms. The second-order valence-corrected chi connectivity index (χ2v) is 4.14. The SMILES string of the molecule is [C-]#[N+]c1ccc(N2C(=O)/C(=C/[O-])N=C2SC)cc1.[Na+]. The van der Waals surface area contributed by atoms with Crippen molar-refractivity contribution in [2.45, 2.75) is 0 Å². The van der Waals surface area contributed by atoms with Gasteiger partial charge in [0.15, 0.2) is 10.9 Å². The van der Waals surface area contributed by atoms with E-state index in [1.165, 1.54) is 16.7 Å². The van der Waals surface area contributed by atoms with E-state index in [4.69, 9.17) is 6.57 Å². The number of thioether (sulfide) groups is 1. The number of hydrogen-bond donors (Lipinski definition) is 0. The van der Waals surface area contributed by atoms with E-state index in [1.54, 1.807) is 30.5 Å². The van der Waals surface area contributed by atoms with Crippen molar-refractivity contribution < 1.29 is 39.5 Å². The molecular weight excluding hydrogens is 273 g/mol. The number of aliphatic imine (C=N–C) groups is 1. The van der Waals surface area contributed by atoms with Crippen molar-refractivity contribution in [1.82, 2.24) is 0 Å². The molecule has 1 aliphatic rings. The average molecular weight is 281 g/mol. The summed E-state index contributed by atoms with van der Waals surface area (Å²) in [5.74, 6) is -0.440. The Balaban J connectivity index is 0.00000180. The third-order valence-corrected chi connectivity index (χ3v) is 3.00. The minimum Gasteiger partial charge on any atom is -0.876 e. The molecule has 0 bridgehead atoms. The number of benzene rings is 1. The molecule has 0 fully saturated rings. The van der Waals surface area contributed by atoms with E-state index in [-0.39, 0.29) is 35.3 Å². The van der Waals surface area contributed by atoms with Gasteiger partial charge in [0.2, 0.25) is 0 Å². The topological polar surface area (TPSA) is 60.1 Å². The Kier molecular flexibility index (Phi) is 5.63. The quantitative estimate of drug-likeness (QED) is 0.273. The van der Waals surface area contributed by atoms with Gasteiger partial charge in [-0.2, -0.15) is 0 Å². The second-order valence-electron chi connectivity index (χ2n) is 3.37. The van der Waals surface area contributed by atoms with Gasteiger partial charge in [0.1, 0.15) is 5.70 Å². The maximum Gasteiger partial charge on any atom is 1.00 e. The number of anilines is 1. The molecule has 2 rings (SSSR count). The standard InChI is InChI=1S/C12H9N3O2S.Na/c1-13-8-3-5-9(6-4-8)15-11(17)10(7-16)14-12(15)18-2;/h3-7,16H,2H3;/q;+1/p-1/b10-7-;. The number of amides is 1. The summed E-state index contributed by atoms with van der Waals surface area (Å²) >= 11 is 1.28. The molecule has 0 aliphatic carbocycles. The Labute approximate surface area is 137 Å². The molecule has 0 N–H and O–H groups in total. The van der Waals surface area contributed by atoms with Gasteiger partial charge < -0.3 is 5.11 Å². The Morgan fingerprint density at radius 2 is 2.05 bits per heavy atom. The molecule has 1 amide bonds. The second kappa shape index (κ2) is 6.78. The zero-order valence-corrected chi connectivity index (χ0v) is 13.3. The van der Waals surface area contributed by atoms with Gasteiger partial charge in [0.25, 0.3) is 5.91 Å². The van der Waals surface area contributed by atoms with Crippen LogP contribution in [0, 0.1) is 6.57 Å². The van der Waals surface area contributed by atoms with Crippen molar-refractivity contribution in [3.63, 3.8) is 0 Å². The maximum atomic E-state index is 11.9.